The zero-order chi connectivity index (χ0) is 13.8. The van der Waals surface area contributed by atoms with Crippen molar-refractivity contribution in [3.8, 4) is 0 Å². The van der Waals surface area contributed by atoms with Crippen LogP contribution < -0.4 is 10.2 Å². The number of rotatable bonds is 3. The van der Waals surface area contributed by atoms with Crippen molar-refractivity contribution in [2.24, 2.45) is 0 Å². The Labute approximate surface area is 114 Å². The van der Waals surface area contributed by atoms with Gasteiger partial charge in [0.25, 0.3) is 5.91 Å². The van der Waals surface area contributed by atoms with Crippen LogP contribution in [0.1, 0.15) is 19.4 Å². The molecule has 1 aromatic carbocycles. The van der Waals surface area contributed by atoms with Gasteiger partial charge in [0.15, 0.2) is 6.54 Å². The first-order valence-corrected chi connectivity index (χ1v) is 6.88. The van der Waals surface area contributed by atoms with E-state index in [1.54, 1.807) is 0 Å². The second kappa shape index (κ2) is 6.17. The maximum Gasteiger partial charge on any atom is 0.279 e. The number of amides is 1. The molecule has 2 rings (SSSR count). The van der Waals surface area contributed by atoms with E-state index in [0.717, 1.165) is 18.8 Å². The molecule has 0 unspecified atom stereocenters. The van der Waals surface area contributed by atoms with E-state index in [1.807, 2.05) is 31.2 Å². The number of hydrogen-bond donors (Lipinski definition) is 2. The highest BCUT2D eigenvalue weighted by Crippen LogP contribution is 2.07. The average molecular weight is 263 g/mol. The van der Waals surface area contributed by atoms with Gasteiger partial charge in [-0.3, -0.25) is 4.79 Å². The quantitative estimate of drug-likeness (QED) is 0.840. The number of nitrogens with one attached hydrogen (secondary N) is 2. The van der Waals surface area contributed by atoms with Crippen molar-refractivity contribution < 1.29 is 14.4 Å². The Morgan fingerprint density at radius 1 is 1.26 bits per heavy atom. The van der Waals surface area contributed by atoms with Crippen LogP contribution in [0.2, 0.25) is 0 Å². The van der Waals surface area contributed by atoms with Gasteiger partial charge in [-0.05, 0) is 32.9 Å². The lowest BCUT2D eigenvalue weighted by Crippen LogP contribution is -3.16. The number of anilines is 1. The largest absolute Gasteiger partial charge is 0.364 e. The Morgan fingerprint density at radius 3 is 2.42 bits per heavy atom. The Kier molecular flexibility index (Phi) is 4.56. The van der Waals surface area contributed by atoms with Crippen molar-refractivity contribution in [2.75, 3.05) is 25.0 Å². The minimum atomic E-state index is 0.0696. The first-order valence-electron chi connectivity index (χ1n) is 6.88. The third kappa shape index (κ3) is 4.33. The normalized spacial score (nSPS) is 27.0. The lowest BCUT2D eigenvalue weighted by Gasteiger charge is -2.31. The van der Waals surface area contributed by atoms with Crippen LogP contribution >= 0.6 is 0 Å². The molecule has 0 aliphatic carbocycles. The minimum Gasteiger partial charge on any atom is -0.364 e. The van der Waals surface area contributed by atoms with Gasteiger partial charge >= 0.3 is 0 Å². The van der Waals surface area contributed by atoms with E-state index >= 15 is 0 Å². The van der Waals surface area contributed by atoms with Crippen LogP contribution in [0.3, 0.4) is 0 Å². The molecule has 0 bridgehead atoms. The number of carbonyl (C=O) groups excluding carboxylic acids is 1. The summed E-state index contributed by atoms with van der Waals surface area (Å²) in [4.78, 5) is 13.3. The summed E-state index contributed by atoms with van der Waals surface area (Å²) in [5.41, 5.74) is 2.06. The SMILES string of the molecule is Cc1ccc(NC(=O)C[NH+]2C[C@H](C)O[C@@H](C)C2)cc1. The molecule has 1 aliphatic rings. The molecule has 4 nitrogen and oxygen atoms in total. The summed E-state index contributed by atoms with van der Waals surface area (Å²) in [5, 5.41) is 2.95. The van der Waals surface area contributed by atoms with E-state index in [2.05, 4.69) is 19.2 Å². The van der Waals surface area contributed by atoms with Gasteiger partial charge in [0.2, 0.25) is 0 Å². The molecule has 0 saturated carbocycles. The second-order valence-corrected chi connectivity index (χ2v) is 5.51. The van der Waals surface area contributed by atoms with Crippen molar-refractivity contribution in [3.63, 3.8) is 0 Å². The molecule has 4 heteroatoms. The van der Waals surface area contributed by atoms with Crippen LogP contribution in [0.15, 0.2) is 24.3 Å². The topological polar surface area (TPSA) is 42.8 Å². The molecule has 1 heterocycles. The molecule has 1 aromatic rings. The zero-order valence-corrected chi connectivity index (χ0v) is 11.9. The molecule has 0 aromatic heterocycles. The summed E-state index contributed by atoms with van der Waals surface area (Å²) in [6.07, 6.45) is 0.455. The number of aryl methyl sites for hydroxylation is 1. The van der Waals surface area contributed by atoms with E-state index in [1.165, 1.54) is 10.5 Å². The van der Waals surface area contributed by atoms with Gasteiger partial charge in [0.1, 0.15) is 25.3 Å². The van der Waals surface area contributed by atoms with Crippen molar-refractivity contribution in [2.45, 2.75) is 33.0 Å². The Balaban J connectivity index is 1.85. The van der Waals surface area contributed by atoms with Gasteiger partial charge in [-0.1, -0.05) is 17.7 Å². The lowest BCUT2D eigenvalue weighted by atomic mass is 10.2. The van der Waals surface area contributed by atoms with Crippen LogP contribution in [-0.2, 0) is 9.53 Å². The molecule has 1 saturated heterocycles. The minimum absolute atomic E-state index is 0.0696. The first kappa shape index (κ1) is 14.0. The van der Waals surface area contributed by atoms with Gasteiger partial charge in [-0.25, -0.2) is 0 Å². The van der Waals surface area contributed by atoms with Crippen LogP contribution in [0.4, 0.5) is 5.69 Å². The standard InChI is InChI=1S/C15H22N2O2/c1-11-4-6-14(7-5-11)16-15(18)10-17-8-12(2)19-13(3)9-17/h4-7,12-13H,8-10H2,1-3H3,(H,16,18)/p+1/t12-,13-/m0/s1. The number of carbonyl (C=O) groups is 1. The van der Waals surface area contributed by atoms with Gasteiger partial charge in [-0.2, -0.15) is 0 Å². The second-order valence-electron chi connectivity index (χ2n) is 5.51. The number of benzene rings is 1. The van der Waals surface area contributed by atoms with Crippen LogP contribution in [0.25, 0.3) is 0 Å². The average Bonchev–Trinajstić information content (AvgIpc) is 2.30. The zero-order valence-electron chi connectivity index (χ0n) is 11.9. The van der Waals surface area contributed by atoms with Crippen molar-refractivity contribution in [1.82, 2.24) is 0 Å². The van der Waals surface area contributed by atoms with Gasteiger partial charge in [-0.15, -0.1) is 0 Å². The Bertz CT molecular complexity index is 420. The highest BCUT2D eigenvalue weighted by molar-refractivity contribution is 5.91. The van der Waals surface area contributed by atoms with Gasteiger partial charge in [0.05, 0.1) is 0 Å². The molecule has 2 N–H and O–H groups in total. The van der Waals surface area contributed by atoms with Gasteiger partial charge in [0, 0.05) is 5.69 Å². The lowest BCUT2D eigenvalue weighted by molar-refractivity contribution is -0.907. The molecule has 1 fully saturated rings. The van der Waals surface area contributed by atoms with E-state index in [4.69, 9.17) is 4.74 Å². The van der Waals surface area contributed by atoms with Gasteiger partial charge < -0.3 is 15.0 Å². The first-order chi connectivity index (χ1) is 9.02. The van der Waals surface area contributed by atoms with Crippen LogP contribution in [0, 0.1) is 6.92 Å². The monoisotopic (exact) mass is 263 g/mol. The predicted octanol–water partition coefficient (Wildman–Crippen LogP) is 0.626. The van der Waals surface area contributed by atoms with E-state index in [9.17, 15) is 4.79 Å². The molecule has 2 atom stereocenters. The van der Waals surface area contributed by atoms with Crippen molar-refractivity contribution in [3.05, 3.63) is 29.8 Å². The third-order valence-electron chi connectivity index (χ3n) is 3.36. The summed E-state index contributed by atoms with van der Waals surface area (Å²) in [7, 11) is 0. The summed E-state index contributed by atoms with van der Waals surface area (Å²) in [5.74, 6) is 0.0696. The molecular formula is C15H23N2O2+. The third-order valence-corrected chi connectivity index (χ3v) is 3.36. The van der Waals surface area contributed by atoms with E-state index in [-0.39, 0.29) is 18.1 Å². The highest BCUT2D eigenvalue weighted by Gasteiger charge is 2.27. The maximum atomic E-state index is 12.0. The molecule has 1 amide bonds. The van der Waals surface area contributed by atoms with E-state index < -0.39 is 0 Å². The Morgan fingerprint density at radius 2 is 1.84 bits per heavy atom. The van der Waals surface area contributed by atoms with Crippen LogP contribution in [-0.4, -0.2) is 37.7 Å². The summed E-state index contributed by atoms with van der Waals surface area (Å²) in [6, 6.07) is 7.88. The van der Waals surface area contributed by atoms with Crippen molar-refractivity contribution >= 4 is 11.6 Å². The molecule has 1 aliphatic heterocycles. The number of morpholine rings is 1. The van der Waals surface area contributed by atoms with Crippen molar-refractivity contribution in [1.29, 1.82) is 0 Å². The van der Waals surface area contributed by atoms with Crippen LogP contribution in [0.5, 0.6) is 0 Å². The number of ether oxygens (including phenoxy) is 1. The molecular weight excluding hydrogens is 240 g/mol. The summed E-state index contributed by atoms with van der Waals surface area (Å²) < 4.78 is 5.68. The fourth-order valence-electron chi connectivity index (χ4n) is 2.60. The summed E-state index contributed by atoms with van der Waals surface area (Å²) in [6.45, 7) is 8.45. The smallest absolute Gasteiger partial charge is 0.279 e. The molecule has 104 valence electrons. The highest BCUT2D eigenvalue weighted by atomic mass is 16.5. The molecule has 0 spiro atoms. The fraction of sp³-hybridized carbons (Fsp3) is 0.533. The maximum absolute atomic E-state index is 12.0. The predicted molar refractivity (Wildman–Crippen MR) is 75.4 cm³/mol. The number of quaternary nitrogens is 1. The fourth-order valence-corrected chi connectivity index (χ4v) is 2.60. The van der Waals surface area contributed by atoms with E-state index in [0.29, 0.717) is 6.54 Å². The summed E-state index contributed by atoms with van der Waals surface area (Å²) >= 11 is 0. The Hall–Kier alpha value is -1.39. The molecule has 19 heavy (non-hydrogen) atoms. The molecule has 0 radical (unpaired) electrons. The number of hydrogen-bond acceptors (Lipinski definition) is 2.